The van der Waals surface area contributed by atoms with Gasteiger partial charge in [-0.1, -0.05) is 38.1 Å². The standard InChI is InChI=1S/C24H28N4O/c1-3-11-28(12-4-2)24(29)21-13-20-10-9-19(14-22(20)27-23(26)15-21)18-7-5-17(16-25)6-8-18/h5-10,14,21H,3-4,11-13,15H2,1-2H3,(H2,26,27). The first kappa shape index (κ1) is 20.6. The van der Waals surface area contributed by atoms with E-state index in [4.69, 9.17) is 11.0 Å². The van der Waals surface area contributed by atoms with Gasteiger partial charge in [-0.15, -0.1) is 0 Å². The van der Waals surface area contributed by atoms with E-state index in [0.717, 1.165) is 48.3 Å². The number of carbonyl (C=O) groups excluding carboxylic acids is 1. The van der Waals surface area contributed by atoms with Gasteiger partial charge in [-0.05, 0) is 54.2 Å². The molecule has 0 aliphatic carbocycles. The minimum absolute atomic E-state index is 0.168. The van der Waals surface area contributed by atoms with Crippen molar-refractivity contribution < 1.29 is 4.79 Å². The zero-order valence-electron chi connectivity index (χ0n) is 17.2. The molecule has 0 bridgehead atoms. The monoisotopic (exact) mass is 388 g/mol. The highest BCUT2D eigenvalue weighted by atomic mass is 16.2. The minimum Gasteiger partial charge on any atom is -0.387 e. The van der Waals surface area contributed by atoms with Crippen LogP contribution in [-0.4, -0.2) is 29.7 Å². The van der Waals surface area contributed by atoms with Crippen LogP contribution in [0.2, 0.25) is 0 Å². The molecule has 29 heavy (non-hydrogen) atoms. The number of hydrogen-bond donors (Lipinski definition) is 1. The molecule has 0 saturated carbocycles. The maximum atomic E-state index is 13.1. The molecular formula is C24H28N4O. The first-order chi connectivity index (χ1) is 14.0. The Morgan fingerprint density at radius 2 is 1.76 bits per heavy atom. The molecule has 1 amide bonds. The lowest BCUT2D eigenvalue weighted by atomic mass is 9.93. The van der Waals surface area contributed by atoms with Crippen molar-refractivity contribution in [3.05, 3.63) is 53.6 Å². The van der Waals surface area contributed by atoms with Crippen LogP contribution in [0.15, 0.2) is 47.5 Å². The molecule has 0 spiro atoms. The Morgan fingerprint density at radius 1 is 1.10 bits per heavy atom. The van der Waals surface area contributed by atoms with Gasteiger partial charge in [-0.25, -0.2) is 4.99 Å². The van der Waals surface area contributed by atoms with Gasteiger partial charge in [0.15, 0.2) is 0 Å². The Hall–Kier alpha value is -3.13. The first-order valence-corrected chi connectivity index (χ1v) is 10.3. The molecule has 0 fully saturated rings. The number of fused-ring (bicyclic) bond motifs is 1. The van der Waals surface area contributed by atoms with Crippen molar-refractivity contribution >= 4 is 17.4 Å². The third-order valence-corrected chi connectivity index (χ3v) is 5.27. The van der Waals surface area contributed by atoms with E-state index in [1.807, 2.05) is 35.2 Å². The Balaban J connectivity index is 1.87. The van der Waals surface area contributed by atoms with Crippen LogP contribution in [0.5, 0.6) is 0 Å². The van der Waals surface area contributed by atoms with Gasteiger partial charge in [0.1, 0.15) is 5.84 Å². The molecule has 1 unspecified atom stereocenters. The molecule has 1 aliphatic rings. The van der Waals surface area contributed by atoms with Crippen LogP contribution in [0.1, 0.15) is 44.2 Å². The first-order valence-electron chi connectivity index (χ1n) is 10.3. The molecule has 0 saturated heterocycles. The van der Waals surface area contributed by atoms with Crippen LogP contribution < -0.4 is 5.73 Å². The fourth-order valence-electron chi connectivity index (χ4n) is 3.85. The van der Waals surface area contributed by atoms with Gasteiger partial charge in [0.05, 0.1) is 17.3 Å². The van der Waals surface area contributed by atoms with Gasteiger partial charge in [0.25, 0.3) is 0 Å². The van der Waals surface area contributed by atoms with Crippen LogP contribution in [0.4, 0.5) is 5.69 Å². The molecule has 2 aromatic rings. The number of hydrogen-bond acceptors (Lipinski definition) is 4. The van der Waals surface area contributed by atoms with Crippen molar-refractivity contribution in [2.75, 3.05) is 13.1 Å². The van der Waals surface area contributed by atoms with Gasteiger partial charge in [0.2, 0.25) is 5.91 Å². The van der Waals surface area contributed by atoms with Crippen molar-refractivity contribution in [3.63, 3.8) is 0 Å². The van der Waals surface area contributed by atoms with Crippen molar-refractivity contribution in [1.29, 1.82) is 5.26 Å². The largest absolute Gasteiger partial charge is 0.387 e. The molecule has 5 heteroatoms. The maximum absolute atomic E-state index is 13.1. The number of nitrogens with two attached hydrogens (primary N) is 1. The summed E-state index contributed by atoms with van der Waals surface area (Å²) in [6, 6.07) is 15.7. The van der Waals surface area contributed by atoms with E-state index in [1.54, 1.807) is 0 Å². The van der Waals surface area contributed by atoms with Crippen LogP contribution in [-0.2, 0) is 11.2 Å². The van der Waals surface area contributed by atoms with Crippen molar-refractivity contribution in [2.45, 2.75) is 39.5 Å². The number of aliphatic imine (C=N–C) groups is 1. The van der Waals surface area contributed by atoms with Gasteiger partial charge in [-0.2, -0.15) is 5.26 Å². The molecule has 2 N–H and O–H groups in total. The Bertz CT molecular complexity index is 934. The molecular weight excluding hydrogens is 360 g/mol. The average molecular weight is 389 g/mol. The summed E-state index contributed by atoms with van der Waals surface area (Å²) in [5.41, 5.74) is 10.8. The normalized spacial score (nSPS) is 15.6. The number of nitrogens with zero attached hydrogens (tertiary/aromatic N) is 3. The third kappa shape index (κ3) is 4.83. The molecule has 1 aliphatic heterocycles. The molecule has 2 aromatic carbocycles. The van der Waals surface area contributed by atoms with E-state index in [-0.39, 0.29) is 11.8 Å². The van der Waals surface area contributed by atoms with Crippen molar-refractivity contribution in [1.82, 2.24) is 4.90 Å². The van der Waals surface area contributed by atoms with Gasteiger partial charge >= 0.3 is 0 Å². The highest BCUT2D eigenvalue weighted by Gasteiger charge is 2.27. The summed E-state index contributed by atoms with van der Waals surface area (Å²) in [4.78, 5) is 19.7. The summed E-state index contributed by atoms with van der Waals surface area (Å²) >= 11 is 0. The summed E-state index contributed by atoms with van der Waals surface area (Å²) in [6.45, 7) is 5.76. The molecule has 1 heterocycles. The van der Waals surface area contributed by atoms with E-state index in [9.17, 15) is 4.79 Å². The zero-order chi connectivity index (χ0) is 20.8. The van der Waals surface area contributed by atoms with Crippen LogP contribution in [0.3, 0.4) is 0 Å². The number of nitriles is 1. The quantitative estimate of drug-likeness (QED) is 0.795. The van der Waals surface area contributed by atoms with Gasteiger partial charge < -0.3 is 10.6 Å². The number of carbonyl (C=O) groups is 1. The van der Waals surface area contributed by atoms with Crippen molar-refractivity contribution in [3.8, 4) is 17.2 Å². The number of rotatable bonds is 6. The average Bonchev–Trinajstić information content (AvgIpc) is 2.90. The maximum Gasteiger partial charge on any atom is 0.226 e. The molecule has 0 radical (unpaired) electrons. The summed E-state index contributed by atoms with van der Waals surface area (Å²) in [5, 5.41) is 8.98. The van der Waals surface area contributed by atoms with Crippen LogP contribution in [0, 0.1) is 17.2 Å². The van der Waals surface area contributed by atoms with E-state index >= 15 is 0 Å². The highest BCUT2D eigenvalue weighted by molar-refractivity contribution is 5.91. The minimum atomic E-state index is -0.168. The second kappa shape index (κ2) is 9.38. The third-order valence-electron chi connectivity index (χ3n) is 5.27. The smallest absolute Gasteiger partial charge is 0.226 e. The van der Waals surface area contributed by atoms with Gasteiger partial charge in [-0.3, -0.25) is 4.79 Å². The molecule has 3 rings (SSSR count). The molecule has 150 valence electrons. The fourth-order valence-corrected chi connectivity index (χ4v) is 3.85. The molecule has 5 nitrogen and oxygen atoms in total. The summed E-state index contributed by atoms with van der Waals surface area (Å²) in [7, 11) is 0. The predicted molar refractivity (Wildman–Crippen MR) is 117 cm³/mol. The Labute approximate surface area is 172 Å². The van der Waals surface area contributed by atoms with E-state index in [1.165, 1.54) is 0 Å². The lowest BCUT2D eigenvalue weighted by Gasteiger charge is -2.26. The van der Waals surface area contributed by atoms with E-state index in [2.05, 4.69) is 37.0 Å². The molecule has 0 aromatic heterocycles. The number of amides is 1. The summed E-state index contributed by atoms with van der Waals surface area (Å²) < 4.78 is 0. The lowest BCUT2D eigenvalue weighted by Crippen LogP contribution is -2.39. The Kier molecular flexibility index (Phi) is 6.66. The highest BCUT2D eigenvalue weighted by Crippen LogP contribution is 2.32. The van der Waals surface area contributed by atoms with Crippen LogP contribution in [0.25, 0.3) is 11.1 Å². The number of benzene rings is 2. The number of amidine groups is 1. The summed E-state index contributed by atoms with van der Waals surface area (Å²) in [5.74, 6) is 0.516. The SMILES string of the molecule is CCCN(CCC)C(=O)C1CC(N)=Nc2cc(-c3ccc(C#N)cc3)ccc2C1. The Morgan fingerprint density at radius 3 is 2.38 bits per heavy atom. The van der Waals surface area contributed by atoms with Crippen molar-refractivity contribution in [2.24, 2.45) is 16.6 Å². The predicted octanol–water partition coefficient (Wildman–Crippen LogP) is 4.42. The van der Waals surface area contributed by atoms with Gasteiger partial charge in [0, 0.05) is 25.4 Å². The summed E-state index contributed by atoms with van der Waals surface area (Å²) in [6.07, 6.45) is 3.04. The van der Waals surface area contributed by atoms with E-state index < -0.39 is 0 Å². The molecule has 1 atom stereocenters. The lowest BCUT2D eigenvalue weighted by molar-refractivity contribution is -0.135. The zero-order valence-corrected chi connectivity index (χ0v) is 17.2. The van der Waals surface area contributed by atoms with Crippen LogP contribution >= 0.6 is 0 Å². The topological polar surface area (TPSA) is 82.5 Å². The second-order valence-corrected chi connectivity index (χ2v) is 7.57. The second-order valence-electron chi connectivity index (χ2n) is 7.57. The fraction of sp³-hybridized carbons (Fsp3) is 0.375. The van der Waals surface area contributed by atoms with E-state index in [0.29, 0.717) is 24.2 Å².